The van der Waals surface area contributed by atoms with Gasteiger partial charge in [-0.05, 0) is 73.6 Å². The molecule has 3 atom stereocenters. The molecule has 8 nitrogen and oxygen atoms in total. The maximum atomic E-state index is 13.8. The van der Waals surface area contributed by atoms with Crippen LogP contribution < -0.4 is 10.1 Å². The number of benzene rings is 3. The van der Waals surface area contributed by atoms with Crippen LogP contribution in [0.4, 0.5) is 5.69 Å². The van der Waals surface area contributed by atoms with Crippen molar-refractivity contribution in [1.29, 1.82) is 0 Å². The standard InChI is InChI=1S/C36H40N4O4S/c1-25-21-40(26(2)24-41)36(43)31-10-7-11-32(38-34(42)20-27-16-18-37-19-17-27)35(31)44-33(25)23-39(3)22-28-12-14-30(15-13-28)45-29-8-5-4-6-9-29/h4-19,25-26,33,41H,20-24H2,1-3H3,(H,38,42)/t25-,26?,33-/m1/s1. The molecule has 5 rings (SSSR count). The zero-order valence-electron chi connectivity index (χ0n) is 25.9. The Bertz CT molecular complexity index is 1570. The molecule has 2 amide bonds. The molecule has 0 bridgehead atoms. The highest BCUT2D eigenvalue weighted by Gasteiger charge is 2.34. The molecule has 0 spiro atoms. The maximum absolute atomic E-state index is 13.8. The molecule has 1 aliphatic rings. The molecule has 234 valence electrons. The monoisotopic (exact) mass is 624 g/mol. The molecular formula is C36H40N4O4S. The smallest absolute Gasteiger partial charge is 0.258 e. The predicted molar refractivity (Wildman–Crippen MR) is 178 cm³/mol. The van der Waals surface area contributed by atoms with E-state index in [9.17, 15) is 14.7 Å². The summed E-state index contributed by atoms with van der Waals surface area (Å²) < 4.78 is 6.68. The van der Waals surface area contributed by atoms with Crippen LogP contribution in [0.15, 0.2) is 107 Å². The first-order valence-corrected chi connectivity index (χ1v) is 16.0. The van der Waals surface area contributed by atoms with Gasteiger partial charge in [0.2, 0.25) is 5.91 Å². The van der Waals surface area contributed by atoms with Gasteiger partial charge in [0.15, 0.2) is 5.75 Å². The average molecular weight is 625 g/mol. The van der Waals surface area contributed by atoms with Gasteiger partial charge in [0, 0.05) is 47.7 Å². The largest absolute Gasteiger partial charge is 0.486 e. The topological polar surface area (TPSA) is 95.0 Å². The van der Waals surface area contributed by atoms with Crippen LogP contribution in [-0.4, -0.2) is 70.6 Å². The van der Waals surface area contributed by atoms with Crippen LogP contribution in [0.1, 0.15) is 35.3 Å². The van der Waals surface area contributed by atoms with E-state index < -0.39 is 0 Å². The molecule has 1 unspecified atom stereocenters. The van der Waals surface area contributed by atoms with E-state index >= 15 is 0 Å². The minimum atomic E-state index is -0.374. The SMILES string of the molecule is CC(CO)N1C[C@@H](C)[C@@H](CN(C)Cc2ccc(Sc3ccccc3)cc2)Oc2c(NC(=O)Cc3ccncc3)cccc2C1=O. The summed E-state index contributed by atoms with van der Waals surface area (Å²) >= 11 is 1.74. The molecule has 0 aliphatic carbocycles. The van der Waals surface area contributed by atoms with E-state index in [1.54, 1.807) is 59.4 Å². The predicted octanol–water partition coefficient (Wildman–Crippen LogP) is 5.77. The first kappa shape index (κ1) is 32.2. The number of para-hydroxylation sites is 1. The molecule has 2 N–H and O–H groups in total. The number of carbonyl (C=O) groups excluding carboxylic acids is 2. The molecule has 4 aromatic rings. The number of fused-ring (bicyclic) bond motifs is 1. The van der Waals surface area contributed by atoms with E-state index in [0.29, 0.717) is 30.1 Å². The Balaban J connectivity index is 1.34. The Morgan fingerprint density at radius 2 is 1.73 bits per heavy atom. The average Bonchev–Trinajstić information content (AvgIpc) is 3.04. The third kappa shape index (κ3) is 8.51. The number of ether oxygens (including phenoxy) is 1. The van der Waals surface area contributed by atoms with Crippen LogP contribution in [-0.2, 0) is 17.8 Å². The molecule has 2 heterocycles. The molecule has 0 radical (unpaired) electrons. The van der Waals surface area contributed by atoms with Crippen LogP contribution in [0.2, 0.25) is 0 Å². The lowest BCUT2D eigenvalue weighted by atomic mass is 9.98. The second-order valence-electron chi connectivity index (χ2n) is 11.6. The van der Waals surface area contributed by atoms with Crippen LogP contribution in [0.3, 0.4) is 0 Å². The summed E-state index contributed by atoms with van der Waals surface area (Å²) in [5.41, 5.74) is 2.83. The number of pyridine rings is 1. The van der Waals surface area contributed by atoms with Gasteiger partial charge in [-0.3, -0.25) is 19.5 Å². The number of rotatable bonds is 11. The van der Waals surface area contributed by atoms with E-state index in [1.807, 2.05) is 25.1 Å². The van der Waals surface area contributed by atoms with Gasteiger partial charge in [0.1, 0.15) is 6.10 Å². The van der Waals surface area contributed by atoms with Gasteiger partial charge in [-0.15, -0.1) is 0 Å². The zero-order valence-corrected chi connectivity index (χ0v) is 26.7. The van der Waals surface area contributed by atoms with Crippen LogP contribution in [0, 0.1) is 5.92 Å². The highest BCUT2D eigenvalue weighted by atomic mass is 32.2. The van der Waals surface area contributed by atoms with E-state index in [-0.39, 0.29) is 42.9 Å². The van der Waals surface area contributed by atoms with Gasteiger partial charge in [-0.25, -0.2) is 0 Å². The Morgan fingerprint density at radius 3 is 2.44 bits per heavy atom. The normalized spacial score (nSPS) is 17.2. The van der Waals surface area contributed by atoms with Crippen molar-refractivity contribution in [2.75, 3.05) is 32.1 Å². The van der Waals surface area contributed by atoms with Crippen molar-refractivity contribution >= 4 is 29.3 Å². The molecular weight excluding hydrogens is 584 g/mol. The van der Waals surface area contributed by atoms with Crippen molar-refractivity contribution in [3.63, 3.8) is 0 Å². The second kappa shape index (κ2) is 15.2. The number of nitrogens with one attached hydrogen (secondary N) is 1. The van der Waals surface area contributed by atoms with Gasteiger partial charge >= 0.3 is 0 Å². The number of hydrogen-bond acceptors (Lipinski definition) is 7. The fraction of sp³-hybridized carbons (Fsp3) is 0.306. The first-order valence-electron chi connectivity index (χ1n) is 15.2. The molecule has 3 aromatic carbocycles. The summed E-state index contributed by atoms with van der Waals surface area (Å²) in [5, 5.41) is 13.0. The number of likely N-dealkylation sites (N-methyl/N-ethyl adjacent to an activating group) is 1. The van der Waals surface area contributed by atoms with Crippen molar-refractivity contribution in [2.45, 2.75) is 48.7 Å². The number of aliphatic hydroxyl groups is 1. The van der Waals surface area contributed by atoms with E-state index in [0.717, 1.165) is 12.1 Å². The second-order valence-corrected chi connectivity index (χ2v) is 12.8. The fourth-order valence-corrected chi connectivity index (χ4v) is 6.25. The fourth-order valence-electron chi connectivity index (χ4n) is 5.41. The highest BCUT2D eigenvalue weighted by molar-refractivity contribution is 7.99. The van der Waals surface area contributed by atoms with Gasteiger partial charge < -0.3 is 20.1 Å². The van der Waals surface area contributed by atoms with Gasteiger partial charge in [0.05, 0.1) is 30.3 Å². The Labute approximate surface area is 269 Å². The molecule has 1 aromatic heterocycles. The van der Waals surface area contributed by atoms with Crippen LogP contribution in [0.5, 0.6) is 5.75 Å². The minimum absolute atomic E-state index is 0.0521. The molecule has 0 saturated carbocycles. The lowest BCUT2D eigenvalue weighted by molar-refractivity contribution is -0.115. The van der Waals surface area contributed by atoms with Gasteiger partial charge in [0.25, 0.3) is 5.91 Å². The lowest BCUT2D eigenvalue weighted by Crippen LogP contribution is -2.49. The summed E-state index contributed by atoms with van der Waals surface area (Å²) in [7, 11) is 2.06. The molecule has 45 heavy (non-hydrogen) atoms. The molecule has 9 heteroatoms. The van der Waals surface area contributed by atoms with Crippen molar-refractivity contribution in [2.24, 2.45) is 5.92 Å². The summed E-state index contributed by atoms with van der Waals surface area (Å²) in [6.07, 6.45) is 3.18. The number of aromatic nitrogens is 1. The summed E-state index contributed by atoms with van der Waals surface area (Å²) in [4.78, 5) is 37.2. The maximum Gasteiger partial charge on any atom is 0.258 e. The number of hydrogen-bond donors (Lipinski definition) is 2. The highest BCUT2D eigenvalue weighted by Crippen LogP contribution is 2.35. The quantitative estimate of drug-likeness (QED) is 0.219. The molecule has 0 fully saturated rings. The van der Waals surface area contributed by atoms with Crippen LogP contribution >= 0.6 is 11.8 Å². The van der Waals surface area contributed by atoms with E-state index in [4.69, 9.17) is 4.74 Å². The number of anilines is 1. The minimum Gasteiger partial charge on any atom is -0.486 e. The molecule has 0 saturated heterocycles. The number of aliphatic hydroxyl groups excluding tert-OH is 1. The van der Waals surface area contributed by atoms with Gasteiger partial charge in [-0.1, -0.05) is 55.1 Å². The van der Waals surface area contributed by atoms with Crippen LogP contribution in [0.25, 0.3) is 0 Å². The zero-order chi connectivity index (χ0) is 31.8. The van der Waals surface area contributed by atoms with E-state index in [1.165, 1.54) is 15.4 Å². The first-order chi connectivity index (χ1) is 21.8. The summed E-state index contributed by atoms with van der Waals surface area (Å²) in [6.45, 7) is 5.50. The Hall–Kier alpha value is -4.18. The lowest BCUT2D eigenvalue weighted by Gasteiger charge is -2.38. The van der Waals surface area contributed by atoms with Crippen molar-refractivity contribution in [1.82, 2.24) is 14.8 Å². The number of nitrogens with zero attached hydrogens (tertiary/aromatic N) is 3. The number of amides is 2. The Morgan fingerprint density at radius 1 is 1.02 bits per heavy atom. The summed E-state index contributed by atoms with van der Waals surface area (Å²) in [6, 6.07) is 27.4. The van der Waals surface area contributed by atoms with Gasteiger partial charge in [-0.2, -0.15) is 0 Å². The third-order valence-corrected chi connectivity index (χ3v) is 8.94. The number of carbonyl (C=O) groups is 2. The van der Waals surface area contributed by atoms with Crippen molar-refractivity contribution in [3.05, 3.63) is 114 Å². The van der Waals surface area contributed by atoms with Crippen molar-refractivity contribution < 1.29 is 19.4 Å². The third-order valence-electron chi connectivity index (χ3n) is 7.93. The van der Waals surface area contributed by atoms with E-state index in [2.05, 4.69) is 65.6 Å². The van der Waals surface area contributed by atoms with Crippen molar-refractivity contribution in [3.8, 4) is 5.75 Å². The Kier molecular flexibility index (Phi) is 10.9. The molecule has 1 aliphatic heterocycles. The summed E-state index contributed by atoms with van der Waals surface area (Å²) in [5.74, 6) is -0.149.